The third kappa shape index (κ3) is 2.56. The van der Waals surface area contributed by atoms with E-state index in [9.17, 15) is 14.4 Å². The maximum atomic E-state index is 12.7. The number of fused-ring (bicyclic) bond motifs is 1. The molecule has 1 fully saturated rings. The van der Waals surface area contributed by atoms with E-state index in [1.54, 1.807) is 4.90 Å². The van der Waals surface area contributed by atoms with Gasteiger partial charge in [0.15, 0.2) is 0 Å². The monoisotopic (exact) mass is 329 g/mol. The van der Waals surface area contributed by atoms with Gasteiger partial charge in [-0.2, -0.15) is 0 Å². The summed E-state index contributed by atoms with van der Waals surface area (Å²) in [7, 11) is 0. The van der Waals surface area contributed by atoms with Crippen LogP contribution in [0.2, 0.25) is 0 Å². The number of nitrogens with one attached hydrogen (secondary N) is 1. The van der Waals surface area contributed by atoms with Crippen LogP contribution in [0.4, 0.5) is 10.5 Å². The molecule has 1 saturated heterocycles. The first kappa shape index (κ1) is 16.5. The number of amides is 4. The van der Waals surface area contributed by atoms with E-state index in [1.165, 1.54) is 0 Å². The minimum atomic E-state index is -0.864. The first-order chi connectivity index (χ1) is 11.5. The highest BCUT2D eigenvalue weighted by Crippen LogP contribution is 2.28. The summed E-state index contributed by atoms with van der Waals surface area (Å²) < 4.78 is 0. The Morgan fingerprint density at radius 2 is 1.92 bits per heavy atom. The van der Waals surface area contributed by atoms with Gasteiger partial charge in [0, 0.05) is 12.2 Å². The number of urea groups is 1. The zero-order chi connectivity index (χ0) is 17.3. The average molecular weight is 329 g/mol. The van der Waals surface area contributed by atoms with Gasteiger partial charge in [0.1, 0.15) is 12.1 Å². The van der Waals surface area contributed by atoms with E-state index in [4.69, 9.17) is 0 Å². The molecular weight excluding hydrogens is 306 g/mol. The lowest BCUT2D eigenvalue weighted by Gasteiger charge is -2.30. The van der Waals surface area contributed by atoms with Gasteiger partial charge in [-0.05, 0) is 37.3 Å². The molecule has 2 aliphatic rings. The number of carbonyl (C=O) groups excluding carboxylic acids is 3. The zero-order valence-electron chi connectivity index (χ0n) is 14.2. The van der Waals surface area contributed by atoms with Gasteiger partial charge in [-0.25, -0.2) is 4.79 Å². The Labute approximate surface area is 141 Å². The number of hydrogen-bond donors (Lipinski definition) is 1. The standard InChI is InChI=1S/C18H23N3O3/c1-3-18(4-2)16(23)21(17(24)19-18)12-15(22)20-11-7-9-13-8-5-6-10-14(13)20/h5-6,8,10H,3-4,7,9,11-12H2,1-2H3,(H,19,24). The Bertz CT molecular complexity index is 682. The van der Waals surface area contributed by atoms with Crippen LogP contribution in [0.1, 0.15) is 38.7 Å². The van der Waals surface area contributed by atoms with Gasteiger partial charge in [0.25, 0.3) is 5.91 Å². The van der Waals surface area contributed by atoms with Gasteiger partial charge >= 0.3 is 6.03 Å². The molecule has 24 heavy (non-hydrogen) atoms. The van der Waals surface area contributed by atoms with Gasteiger partial charge in [-0.1, -0.05) is 32.0 Å². The van der Waals surface area contributed by atoms with E-state index in [0.717, 1.165) is 29.0 Å². The third-order valence-corrected chi connectivity index (χ3v) is 5.16. The largest absolute Gasteiger partial charge is 0.325 e. The highest BCUT2D eigenvalue weighted by Gasteiger charge is 2.49. The molecule has 0 radical (unpaired) electrons. The second-order valence-electron chi connectivity index (χ2n) is 6.39. The highest BCUT2D eigenvalue weighted by atomic mass is 16.2. The molecular formula is C18H23N3O3. The molecule has 0 aliphatic carbocycles. The molecule has 2 aliphatic heterocycles. The fourth-order valence-corrected chi connectivity index (χ4v) is 3.56. The minimum Gasteiger partial charge on any atom is -0.323 e. The zero-order valence-corrected chi connectivity index (χ0v) is 14.2. The van der Waals surface area contributed by atoms with Crippen LogP contribution >= 0.6 is 0 Å². The summed E-state index contributed by atoms with van der Waals surface area (Å²) in [6, 6.07) is 7.32. The Balaban J connectivity index is 1.79. The van der Waals surface area contributed by atoms with Crippen LogP contribution in [-0.4, -0.2) is 41.4 Å². The molecule has 1 aromatic rings. The van der Waals surface area contributed by atoms with Crippen molar-refractivity contribution in [3.8, 4) is 0 Å². The molecule has 6 heteroatoms. The molecule has 0 unspecified atom stereocenters. The predicted octanol–water partition coefficient (Wildman–Crippen LogP) is 2.08. The van der Waals surface area contributed by atoms with E-state index in [2.05, 4.69) is 5.32 Å². The molecule has 4 amide bonds. The summed E-state index contributed by atoms with van der Waals surface area (Å²) in [6.45, 7) is 4.15. The van der Waals surface area contributed by atoms with Gasteiger partial charge in [0.05, 0.1) is 0 Å². The Morgan fingerprint density at radius 3 is 2.58 bits per heavy atom. The molecule has 0 aromatic heterocycles. The van der Waals surface area contributed by atoms with Crippen molar-refractivity contribution in [2.75, 3.05) is 18.0 Å². The maximum absolute atomic E-state index is 12.7. The summed E-state index contributed by atoms with van der Waals surface area (Å²) >= 11 is 0. The van der Waals surface area contributed by atoms with Crippen molar-refractivity contribution in [1.29, 1.82) is 0 Å². The van der Waals surface area contributed by atoms with Gasteiger partial charge < -0.3 is 10.2 Å². The number of nitrogens with zero attached hydrogens (tertiary/aromatic N) is 2. The average Bonchev–Trinajstić information content (AvgIpc) is 2.85. The number of aryl methyl sites for hydroxylation is 1. The SMILES string of the molecule is CCC1(CC)NC(=O)N(CC(=O)N2CCCc3ccccc32)C1=O. The predicted molar refractivity (Wildman–Crippen MR) is 90.7 cm³/mol. The molecule has 2 heterocycles. The van der Waals surface area contributed by atoms with Crippen LogP contribution in [0, 0.1) is 0 Å². The van der Waals surface area contributed by atoms with E-state index >= 15 is 0 Å². The van der Waals surface area contributed by atoms with Crippen molar-refractivity contribution < 1.29 is 14.4 Å². The number of benzene rings is 1. The molecule has 0 saturated carbocycles. The number of carbonyl (C=O) groups is 3. The lowest BCUT2D eigenvalue weighted by molar-refractivity contribution is -0.134. The first-order valence-corrected chi connectivity index (χ1v) is 8.55. The van der Waals surface area contributed by atoms with Crippen molar-refractivity contribution in [2.24, 2.45) is 0 Å². The highest BCUT2D eigenvalue weighted by molar-refractivity contribution is 6.10. The lowest BCUT2D eigenvalue weighted by atomic mass is 9.93. The smallest absolute Gasteiger partial charge is 0.323 e. The Kier molecular flexibility index (Phi) is 4.30. The van der Waals surface area contributed by atoms with E-state index in [0.29, 0.717) is 19.4 Å². The van der Waals surface area contributed by atoms with E-state index < -0.39 is 11.6 Å². The van der Waals surface area contributed by atoms with Gasteiger partial charge in [-0.3, -0.25) is 14.5 Å². The summed E-state index contributed by atoms with van der Waals surface area (Å²) in [5.74, 6) is -0.509. The molecule has 3 rings (SSSR count). The Hall–Kier alpha value is -2.37. The summed E-state index contributed by atoms with van der Waals surface area (Å²) in [5.41, 5.74) is 1.15. The molecule has 0 atom stereocenters. The lowest BCUT2D eigenvalue weighted by Crippen LogP contribution is -2.47. The quantitative estimate of drug-likeness (QED) is 0.860. The van der Waals surface area contributed by atoms with Crippen molar-refractivity contribution in [3.63, 3.8) is 0 Å². The second kappa shape index (κ2) is 6.26. The van der Waals surface area contributed by atoms with Crippen LogP contribution in [0.25, 0.3) is 0 Å². The normalized spacial score (nSPS) is 19.2. The number of para-hydroxylation sites is 1. The number of rotatable bonds is 4. The summed E-state index contributed by atoms with van der Waals surface area (Å²) in [6.07, 6.45) is 2.87. The first-order valence-electron chi connectivity index (χ1n) is 8.55. The number of imide groups is 1. The van der Waals surface area contributed by atoms with Crippen molar-refractivity contribution in [2.45, 2.75) is 45.1 Å². The van der Waals surface area contributed by atoms with Crippen molar-refractivity contribution >= 4 is 23.5 Å². The molecule has 128 valence electrons. The van der Waals surface area contributed by atoms with E-state index in [-0.39, 0.29) is 18.4 Å². The third-order valence-electron chi connectivity index (χ3n) is 5.16. The van der Waals surface area contributed by atoms with Crippen molar-refractivity contribution in [1.82, 2.24) is 10.2 Å². The summed E-state index contributed by atoms with van der Waals surface area (Å²) in [5, 5.41) is 2.76. The maximum Gasteiger partial charge on any atom is 0.325 e. The second-order valence-corrected chi connectivity index (χ2v) is 6.39. The van der Waals surface area contributed by atoms with Crippen LogP contribution in [0.15, 0.2) is 24.3 Å². The van der Waals surface area contributed by atoms with Gasteiger partial charge in [-0.15, -0.1) is 0 Å². The fourth-order valence-electron chi connectivity index (χ4n) is 3.56. The fraction of sp³-hybridized carbons (Fsp3) is 0.500. The molecule has 0 spiro atoms. The van der Waals surface area contributed by atoms with Crippen LogP contribution in [0.5, 0.6) is 0 Å². The molecule has 0 bridgehead atoms. The van der Waals surface area contributed by atoms with Crippen LogP contribution in [0.3, 0.4) is 0 Å². The van der Waals surface area contributed by atoms with Crippen LogP contribution in [-0.2, 0) is 16.0 Å². The summed E-state index contributed by atoms with van der Waals surface area (Å²) in [4.78, 5) is 40.3. The number of hydrogen-bond acceptors (Lipinski definition) is 3. The van der Waals surface area contributed by atoms with Crippen molar-refractivity contribution in [3.05, 3.63) is 29.8 Å². The molecule has 6 nitrogen and oxygen atoms in total. The minimum absolute atomic E-state index is 0.208. The number of anilines is 1. The Morgan fingerprint density at radius 1 is 1.21 bits per heavy atom. The topological polar surface area (TPSA) is 69.7 Å². The van der Waals surface area contributed by atoms with E-state index in [1.807, 2.05) is 38.1 Å². The van der Waals surface area contributed by atoms with Crippen LogP contribution < -0.4 is 10.2 Å². The molecule has 1 aromatic carbocycles. The van der Waals surface area contributed by atoms with Gasteiger partial charge in [0.2, 0.25) is 5.91 Å². The molecule has 1 N–H and O–H groups in total.